The molecule has 1 saturated carbocycles. The largest absolute Gasteiger partial charge is 0.412 e. The summed E-state index contributed by atoms with van der Waals surface area (Å²) in [6.45, 7) is 6.95. The van der Waals surface area contributed by atoms with Crippen molar-refractivity contribution in [1.29, 1.82) is 0 Å². The second kappa shape index (κ2) is 6.06. The molecule has 2 rings (SSSR count). The summed E-state index contributed by atoms with van der Waals surface area (Å²) < 4.78 is 5.22. The van der Waals surface area contributed by atoms with Crippen LogP contribution in [-0.2, 0) is 0 Å². The third-order valence-corrected chi connectivity index (χ3v) is 4.04. The predicted octanol–water partition coefficient (Wildman–Crippen LogP) is 3.35. The topological polar surface area (TPSA) is 58.6 Å². The third kappa shape index (κ3) is 4.74. The zero-order chi connectivity index (χ0) is 15.5. The van der Waals surface area contributed by atoms with Gasteiger partial charge in [-0.25, -0.2) is 4.79 Å². The van der Waals surface area contributed by atoms with Crippen LogP contribution in [0.2, 0.25) is 0 Å². The lowest BCUT2D eigenvalue weighted by Gasteiger charge is -2.45. The Bertz CT molecular complexity index is 486. The van der Waals surface area contributed by atoms with Crippen molar-refractivity contribution in [2.75, 3.05) is 6.54 Å². The summed E-state index contributed by atoms with van der Waals surface area (Å²) in [7, 11) is 0. The SMILES string of the molecule is CC1(C)CC(O)CC(C)(CNC(=O)Oc2ccccc2)C1. The van der Waals surface area contributed by atoms with Crippen LogP contribution in [0.15, 0.2) is 30.3 Å². The van der Waals surface area contributed by atoms with Crippen LogP contribution in [0.4, 0.5) is 4.79 Å². The number of hydrogen-bond donors (Lipinski definition) is 2. The second-order valence-electron chi connectivity index (χ2n) is 7.27. The number of rotatable bonds is 3. The summed E-state index contributed by atoms with van der Waals surface area (Å²) in [6.07, 6.45) is 1.76. The number of nitrogens with one attached hydrogen (secondary N) is 1. The van der Waals surface area contributed by atoms with E-state index in [0.29, 0.717) is 18.7 Å². The molecule has 2 unspecified atom stereocenters. The smallest absolute Gasteiger partial charge is 0.410 e. The van der Waals surface area contributed by atoms with Gasteiger partial charge in [0.25, 0.3) is 0 Å². The summed E-state index contributed by atoms with van der Waals surface area (Å²) in [4.78, 5) is 11.8. The van der Waals surface area contributed by atoms with E-state index in [1.807, 2.05) is 18.2 Å². The average Bonchev–Trinajstić information content (AvgIpc) is 2.35. The van der Waals surface area contributed by atoms with Gasteiger partial charge in [0.2, 0.25) is 0 Å². The monoisotopic (exact) mass is 291 g/mol. The first-order chi connectivity index (χ1) is 9.78. The highest BCUT2D eigenvalue weighted by molar-refractivity contribution is 5.70. The zero-order valence-electron chi connectivity index (χ0n) is 13.1. The molecule has 0 spiro atoms. The van der Waals surface area contributed by atoms with Gasteiger partial charge >= 0.3 is 6.09 Å². The standard InChI is InChI=1S/C17H25NO3/c1-16(2)9-13(19)10-17(3,11-16)12-18-15(20)21-14-7-5-4-6-8-14/h4-8,13,19H,9-12H2,1-3H3,(H,18,20). The first-order valence-corrected chi connectivity index (χ1v) is 7.47. The minimum absolute atomic E-state index is 0.0947. The Morgan fingerprint density at radius 1 is 1.29 bits per heavy atom. The Hall–Kier alpha value is -1.55. The number of aliphatic hydroxyl groups is 1. The molecule has 4 heteroatoms. The predicted molar refractivity (Wildman–Crippen MR) is 82.2 cm³/mol. The minimum atomic E-state index is -0.444. The zero-order valence-corrected chi connectivity index (χ0v) is 13.1. The Morgan fingerprint density at radius 3 is 2.57 bits per heavy atom. The number of benzene rings is 1. The lowest BCUT2D eigenvalue weighted by Crippen LogP contribution is -2.45. The van der Waals surface area contributed by atoms with E-state index in [4.69, 9.17) is 4.74 Å². The molecule has 1 fully saturated rings. The molecular weight excluding hydrogens is 266 g/mol. The van der Waals surface area contributed by atoms with E-state index in [2.05, 4.69) is 26.1 Å². The molecule has 2 N–H and O–H groups in total. The molecule has 1 aliphatic carbocycles. The molecule has 0 aromatic heterocycles. The third-order valence-electron chi connectivity index (χ3n) is 4.04. The first kappa shape index (κ1) is 15.8. The number of amides is 1. The van der Waals surface area contributed by atoms with Gasteiger partial charge < -0.3 is 15.2 Å². The van der Waals surface area contributed by atoms with Crippen molar-refractivity contribution < 1.29 is 14.6 Å². The van der Waals surface area contributed by atoms with Crippen molar-refractivity contribution in [3.05, 3.63) is 30.3 Å². The van der Waals surface area contributed by atoms with Crippen LogP contribution in [0, 0.1) is 10.8 Å². The summed E-state index contributed by atoms with van der Waals surface area (Å²) in [5.41, 5.74) is -0.00565. The van der Waals surface area contributed by atoms with Crippen molar-refractivity contribution in [2.24, 2.45) is 10.8 Å². The van der Waals surface area contributed by atoms with E-state index in [1.54, 1.807) is 12.1 Å². The highest BCUT2D eigenvalue weighted by atomic mass is 16.6. The Kier molecular flexibility index (Phi) is 4.57. The molecule has 21 heavy (non-hydrogen) atoms. The van der Waals surface area contributed by atoms with Gasteiger partial charge in [-0.1, -0.05) is 39.0 Å². The summed E-state index contributed by atoms with van der Waals surface area (Å²) in [5.74, 6) is 0.532. The number of carbonyl (C=O) groups is 1. The Morgan fingerprint density at radius 2 is 1.95 bits per heavy atom. The number of carbonyl (C=O) groups excluding carboxylic acids is 1. The average molecular weight is 291 g/mol. The molecule has 0 bridgehead atoms. The quantitative estimate of drug-likeness (QED) is 0.898. The van der Waals surface area contributed by atoms with E-state index < -0.39 is 6.09 Å². The van der Waals surface area contributed by atoms with Crippen LogP contribution in [0.1, 0.15) is 40.0 Å². The van der Waals surface area contributed by atoms with Crippen LogP contribution in [0.5, 0.6) is 5.75 Å². The van der Waals surface area contributed by atoms with Crippen molar-refractivity contribution in [3.8, 4) is 5.75 Å². The molecular formula is C17H25NO3. The fourth-order valence-corrected chi connectivity index (χ4v) is 3.63. The molecule has 1 aromatic rings. The molecule has 1 amide bonds. The lowest BCUT2D eigenvalue weighted by atomic mass is 9.63. The molecule has 0 heterocycles. The highest BCUT2D eigenvalue weighted by Gasteiger charge is 2.40. The molecule has 0 radical (unpaired) electrons. The van der Waals surface area contributed by atoms with Gasteiger partial charge in [0.15, 0.2) is 0 Å². The minimum Gasteiger partial charge on any atom is -0.410 e. The number of hydrogen-bond acceptors (Lipinski definition) is 3. The van der Waals surface area contributed by atoms with Crippen molar-refractivity contribution in [1.82, 2.24) is 5.32 Å². The van der Waals surface area contributed by atoms with E-state index in [9.17, 15) is 9.90 Å². The fourth-order valence-electron chi connectivity index (χ4n) is 3.63. The second-order valence-corrected chi connectivity index (χ2v) is 7.27. The van der Waals surface area contributed by atoms with Crippen molar-refractivity contribution >= 4 is 6.09 Å². The maximum Gasteiger partial charge on any atom is 0.412 e. The van der Waals surface area contributed by atoms with Gasteiger partial charge in [0.05, 0.1) is 6.10 Å². The van der Waals surface area contributed by atoms with Crippen LogP contribution in [0.3, 0.4) is 0 Å². The maximum atomic E-state index is 11.8. The van der Waals surface area contributed by atoms with Crippen molar-refractivity contribution in [3.63, 3.8) is 0 Å². The van der Waals surface area contributed by atoms with Gasteiger partial charge in [-0.05, 0) is 42.2 Å². The van der Waals surface area contributed by atoms with E-state index in [-0.39, 0.29) is 16.9 Å². The first-order valence-electron chi connectivity index (χ1n) is 7.47. The normalized spacial score (nSPS) is 27.9. The summed E-state index contributed by atoms with van der Waals surface area (Å²) >= 11 is 0. The van der Waals surface area contributed by atoms with Crippen LogP contribution in [0.25, 0.3) is 0 Å². The van der Waals surface area contributed by atoms with Crippen LogP contribution >= 0.6 is 0 Å². The van der Waals surface area contributed by atoms with E-state index in [0.717, 1.165) is 12.8 Å². The molecule has 0 aliphatic heterocycles. The van der Waals surface area contributed by atoms with Crippen LogP contribution in [-0.4, -0.2) is 23.8 Å². The van der Waals surface area contributed by atoms with Crippen molar-refractivity contribution in [2.45, 2.75) is 46.1 Å². The number of aliphatic hydroxyl groups excluding tert-OH is 1. The highest BCUT2D eigenvalue weighted by Crippen LogP contribution is 2.45. The van der Waals surface area contributed by atoms with Gasteiger partial charge in [-0.15, -0.1) is 0 Å². The lowest BCUT2D eigenvalue weighted by molar-refractivity contribution is -0.00817. The maximum absolute atomic E-state index is 11.8. The van der Waals surface area contributed by atoms with Gasteiger partial charge in [0, 0.05) is 6.54 Å². The van der Waals surface area contributed by atoms with Gasteiger partial charge in [-0.2, -0.15) is 0 Å². The summed E-state index contributed by atoms with van der Waals surface area (Å²) in [6, 6.07) is 9.01. The molecule has 2 atom stereocenters. The molecule has 1 aromatic carbocycles. The molecule has 0 saturated heterocycles. The van der Waals surface area contributed by atoms with E-state index in [1.165, 1.54) is 0 Å². The van der Waals surface area contributed by atoms with Crippen LogP contribution < -0.4 is 10.1 Å². The van der Waals surface area contributed by atoms with Gasteiger partial charge in [0.1, 0.15) is 5.75 Å². The number of para-hydroxylation sites is 1. The van der Waals surface area contributed by atoms with Gasteiger partial charge in [-0.3, -0.25) is 0 Å². The molecule has 1 aliphatic rings. The summed E-state index contributed by atoms with van der Waals surface area (Å²) in [5, 5.41) is 12.9. The molecule has 116 valence electrons. The number of ether oxygens (including phenoxy) is 1. The Labute approximate surface area is 126 Å². The Balaban J connectivity index is 1.88. The molecule has 4 nitrogen and oxygen atoms in total. The van der Waals surface area contributed by atoms with E-state index >= 15 is 0 Å². The fraction of sp³-hybridized carbons (Fsp3) is 0.588.